The van der Waals surface area contributed by atoms with E-state index in [1.807, 2.05) is 6.08 Å². The van der Waals surface area contributed by atoms with E-state index in [1.165, 1.54) is 0 Å². The number of piperidine rings is 1. The van der Waals surface area contributed by atoms with Gasteiger partial charge in [-0.25, -0.2) is 0 Å². The zero-order valence-electron chi connectivity index (χ0n) is 7.01. The Balaban J connectivity index is 0.000000720. The number of allylic oxidation sites excluding steroid dienone is 2. The van der Waals surface area contributed by atoms with E-state index in [0.29, 0.717) is 5.78 Å². The van der Waals surface area contributed by atoms with Crippen LogP contribution in [-0.2, 0) is 4.79 Å². The highest BCUT2D eigenvalue weighted by atomic mass is 35.5. The van der Waals surface area contributed by atoms with Crippen LogP contribution in [0, 0.1) is 5.41 Å². The van der Waals surface area contributed by atoms with Crippen LogP contribution in [0.2, 0.25) is 0 Å². The van der Waals surface area contributed by atoms with E-state index >= 15 is 0 Å². The Morgan fingerprint density at radius 3 is 2.50 bits per heavy atom. The minimum Gasteiger partial charge on any atom is -0.317 e. The van der Waals surface area contributed by atoms with Crippen molar-refractivity contribution in [1.29, 1.82) is 0 Å². The summed E-state index contributed by atoms with van der Waals surface area (Å²) in [5.74, 6) is 0.360. The second-order valence-electron chi connectivity index (χ2n) is 3.50. The molecule has 0 amide bonds. The van der Waals surface area contributed by atoms with Crippen LogP contribution in [-0.4, -0.2) is 18.9 Å². The molecule has 3 heteroatoms. The first kappa shape index (κ1) is 9.75. The monoisotopic (exact) mass is 187 g/mol. The van der Waals surface area contributed by atoms with Gasteiger partial charge in [-0.3, -0.25) is 4.79 Å². The maximum Gasteiger partial charge on any atom is 0.161 e. The highest BCUT2D eigenvalue weighted by Crippen LogP contribution is 2.38. The fourth-order valence-electron chi connectivity index (χ4n) is 2.02. The van der Waals surface area contributed by atoms with Gasteiger partial charge in [0, 0.05) is 5.41 Å². The number of halogens is 1. The normalized spacial score (nSPS) is 25.8. The van der Waals surface area contributed by atoms with Gasteiger partial charge in [0.1, 0.15) is 0 Å². The number of hydrogen-bond acceptors (Lipinski definition) is 2. The first-order valence-electron chi connectivity index (χ1n) is 4.25. The smallest absolute Gasteiger partial charge is 0.161 e. The van der Waals surface area contributed by atoms with Crippen LogP contribution >= 0.6 is 12.4 Å². The van der Waals surface area contributed by atoms with Crippen LogP contribution in [0.15, 0.2) is 12.2 Å². The Kier molecular flexibility index (Phi) is 2.91. The summed E-state index contributed by atoms with van der Waals surface area (Å²) in [6, 6.07) is 0. The average molecular weight is 188 g/mol. The van der Waals surface area contributed by atoms with Crippen molar-refractivity contribution >= 4 is 18.2 Å². The van der Waals surface area contributed by atoms with Crippen LogP contribution in [0.5, 0.6) is 0 Å². The molecule has 1 saturated heterocycles. The summed E-state index contributed by atoms with van der Waals surface area (Å²) < 4.78 is 0. The lowest BCUT2D eigenvalue weighted by Gasteiger charge is -2.31. The second-order valence-corrected chi connectivity index (χ2v) is 3.50. The van der Waals surface area contributed by atoms with Crippen molar-refractivity contribution in [3.63, 3.8) is 0 Å². The lowest BCUT2D eigenvalue weighted by atomic mass is 9.76. The first-order chi connectivity index (χ1) is 5.33. The van der Waals surface area contributed by atoms with Crippen LogP contribution in [0.3, 0.4) is 0 Å². The molecule has 0 bridgehead atoms. The molecule has 0 unspecified atom stereocenters. The highest BCUT2D eigenvalue weighted by molar-refractivity contribution is 5.97. The van der Waals surface area contributed by atoms with Crippen molar-refractivity contribution in [2.45, 2.75) is 19.3 Å². The van der Waals surface area contributed by atoms with E-state index in [-0.39, 0.29) is 17.8 Å². The number of nitrogens with one attached hydrogen (secondary N) is 1. The minimum atomic E-state index is 0. The van der Waals surface area contributed by atoms with Crippen molar-refractivity contribution in [2.75, 3.05) is 13.1 Å². The molecule has 1 aliphatic carbocycles. The van der Waals surface area contributed by atoms with E-state index in [2.05, 4.69) is 5.32 Å². The van der Waals surface area contributed by atoms with Gasteiger partial charge in [0.2, 0.25) is 0 Å². The first-order valence-corrected chi connectivity index (χ1v) is 4.25. The van der Waals surface area contributed by atoms with E-state index < -0.39 is 0 Å². The van der Waals surface area contributed by atoms with Gasteiger partial charge in [0.15, 0.2) is 5.78 Å². The average Bonchev–Trinajstić information content (AvgIpc) is 2.36. The number of carbonyl (C=O) groups excluding carboxylic acids is 1. The molecule has 1 N–H and O–H groups in total. The number of carbonyl (C=O) groups is 1. The van der Waals surface area contributed by atoms with Crippen molar-refractivity contribution in [3.8, 4) is 0 Å². The molecule has 2 aliphatic rings. The predicted octanol–water partition coefficient (Wildman–Crippen LogP) is 1.31. The van der Waals surface area contributed by atoms with E-state index in [0.717, 1.165) is 32.4 Å². The molecule has 0 saturated carbocycles. The van der Waals surface area contributed by atoms with Crippen molar-refractivity contribution in [1.82, 2.24) is 5.32 Å². The topological polar surface area (TPSA) is 29.1 Å². The largest absolute Gasteiger partial charge is 0.317 e. The van der Waals surface area contributed by atoms with Gasteiger partial charge in [-0.1, -0.05) is 6.08 Å². The molecule has 1 heterocycles. The molecular weight excluding hydrogens is 174 g/mol. The lowest BCUT2D eigenvalue weighted by Crippen LogP contribution is -2.39. The Morgan fingerprint density at radius 2 is 2.00 bits per heavy atom. The zero-order chi connectivity index (χ0) is 7.73. The van der Waals surface area contributed by atoms with E-state index in [1.54, 1.807) is 6.08 Å². The minimum absolute atomic E-state index is 0. The molecular formula is C9H14ClNO. The maximum absolute atomic E-state index is 11.4. The Morgan fingerprint density at radius 1 is 1.33 bits per heavy atom. The summed E-state index contributed by atoms with van der Waals surface area (Å²) >= 11 is 0. The third-order valence-corrected chi connectivity index (χ3v) is 2.86. The fourth-order valence-corrected chi connectivity index (χ4v) is 2.02. The molecule has 2 nitrogen and oxygen atoms in total. The molecule has 1 aliphatic heterocycles. The van der Waals surface area contributed by atoms with Gasteiger partial charge in [-0.05, 0) is 38.4 Å². The quantitative estimate of drug-likeness (QED) is 0.620. The summed E-state index contributed by atoms with van der Waals surface area (Å²) in [6.07, 6.45) is 6.81. The van der Waals surface area contributed by atoms with E-state index in [4.69, 9.17) is 0 Å². The molecule has 0 radical (unpaired) electrons. The Bertz CT molecular complexity index is 207. The van der Waals surface area contributed by atoms with Gasteiger partial charge in [-0.2, -0.15) is 0 Å². The number of ketones is 1. The summed E-state index contributed by atoms with van der Waals surface area (Å²) in [5, 5.41) is 3.28. The van der Waals surface area contributed by atoms with Crippen LogP contribution < -0.4 is 5.32 Å². The van der Waals surface area contributed by atoms with Crippen molar-refractivity contribution in [3.05, 3.63) is 12.2 Å². The molecule has 68 valence electrons. The Hall–Kier alpha value is -0.340. The van der Waals surface area contributed by atoms with Gasteiger partial charge in [0.05, 0.1) is 0 Å². The van der Waals surface area contributed by atoms with Gasteiger partial charge < -0.3 is 5.32 Å². The molecule has 1 fully saturated rings. The summed E-state index contributed by atoms with van der Waals surface area (Å²) in [7, 11) is 0. The highest BCUT2D eigenvalue weighted by Gasteiger charge is 2.39. The molecule has 12 heavy (non-hydrogen) atoms. The molecule has 1 spiro atoms. The molecule has 0 aromatic carbocycles. The molecule has 0 aromatic rings. The maximum atomic E-state index is 11.4. The number of hydrogen-bond donors (Lipinski definition) is 1. The van der Waals surface area contributed by atoms with Crippen molar-refractivity contribution < 1.29 is 4.79 Å². The molecule has 0 atom stereocenters. The molecule has 2 rings (SSSR count). The standard InChI is InChI=1S/C9H13NO.ClH/c11-8-2-1-3-9(8)4-6-10-7-5-9;/h1-2,10H,3-7H2;1H. The summed E-state index contributed by atoms with van der Waals surface area (Å²) in [5.41, 5.74) is 0.0191. The fraction of sp³-hybridized carbons (Fsp3) is 0.667. The van der Waals surface area contributed by atoms with Crippen LogP contribution in [0.4, 0.5) is 0 Å². The van der Waals surface area contributed by atoms with Crippen LogP contribution in [0.1, 0.15) is 19.3 Å². The van der Waals surface area contributed by atoms with E-state index in [9.17, 15) is 4.79 Å². The van der Waals surface area contributed by atoms with Crippen molar-refractivity contribution in [2.24, 2.45) is 5.41 Å². The summed E-state index contributed by atoms with van der Waals surface area (Å²) in [6.45, 7) is 2.01. The number of rotatable bonds is 0. The third-order valence-electron chi connectivity index (χ3n) is 2.86. The summed E-state index contributed by atoms with van der Waals surface area (Å²) in [4.78, 5) is 11.4. The third kappa shape index (κ3) is 1.41. The second kappa shape index (κ2) is 3.58. The lowest BCUT2D eigenvalue weighted by molar-refractivity contribution is -0.124. The van der Waals surface area contributed by atoms with Crippen LogP contribution in [0.25, 0.3) is 0 Å². The zero-order valence-corrected chi connectivity index (χ0v) is 7.82. The predicted molar refractivity (Wildman–Crippen MR) is 50.5 cm³/mol. The Labute approximate surface area is 78.8 Å². The molecule has 0 aromatic heterocycles. The SMILES string of the molecule is Cl.O=C1C=CCC12CCNCC2. The van der Waals surface area contributed by atoms with Gasteiger partial charge in [-0.15, -0.1) is 12.4 Å². The van der Waals surface area contributed by atoms with Gasteiger partial charge >= 0.3 is 0 Å². The van der Waals surface area contributed by atoms with Gasteiger partial charge in [0.25, 0.3) is 0 Å².